The first-order chi connectivity index (χ1) is 17.1. The van der Waals surface area contributed by atoms with E-state index in [-0.39, 0.29) is 12.6 Å². The number of nitrogens with zero attached hydrogens (tertiary/aromatic N) is 5. The minimum absolute atomic E-state index is 0.155. The molecule has 1 aliphatic heterocycles. The van der Waals surface area contributed by atoms with Crippen molar-refractivity contribution in [3.05, 3.63) is 71.6 Å². The van der Waals surface area contributed by atoms with Crippen LogP contribution in [0.1, 0.15) is 30.0 Å². The highest BCUT2D eigenvalue weighted by Crippen LogP contribution is 2.37. The third kappa shape index (κ3) is 3.57. The number of imidazole rings is 1. The first kappa shape index (κ1) is 21.5. The number of benzene rings is 2. The second kappa shape index (κ2) is 8.31. The van der Waals surface area contributed by atoms with Crippen molar-refractivity contribution in [3.8, 4) is 17.1 Å². The van der Waals surface area contributed by atoms with Gasteiger partial charge in [0, 0.05) is 29.9 Å². The zero-order chi connectivity index (χ0) is 24.1. The lowest BCUT2D eigenvalue weighted by atomic mass is 10.0. The molecule has 8 nitrogen and oxygen atoms in total. The Morgan fingerprint density at radius 3 is 2.89 bits per heavy atom. The zero-order valence-corrected chi connectivity index (χ0v) is 18.9. The summed E-state index contributed by atoms with van der Waals surface area (Å²) in [6.07, 6.45) is 5.03. The van der Waals surface area contributed by atoms with E-state index < -0.39 is 11.6 Å². The van der Waals surface area contributed by atoms with Gasteiger partial charge in [-0.2, -0.15) is 5.10 Å². The molecule has 1 saturated heterocycles. The van der Waals surface area contributed by atoms with Crippen molar-refractivity contribution in [1.29, 1.82) is 0 Å². The van der Waals surface area contributed by atoms with Gasteiger partial charge in [0.2, 0.25) is 0 Å². The second-order valence-corrected chi connectivity index (χ2v) is 8.55. The number of aromatic amines is 1. The average Bonchev–Trinajstić information content (AvgIpc) is 3.61. The molecule has 2 N–H and O–H groups in total. The molecule has 1 atom stereocenters. The number of aliphatic hydroxyl groups excluding tert-OH is 1. The molecule has 0 aliphatic carbocycles. The molecule has 0 saturated carbocycles. The van der Waals surface area contributed by atoms with E-state index >= 15 is 0 Å². The smallest absolute Gasteiger partial charge is 0.168 e. The molecular formula is C25H22F2N6O2. The van der Waals surface area contributed by atoms with E-state index in [1.54, 1.807) is 36.2 Å². The predicted octanol–water partition coefficient (Wildman–Crippen LogP) is 4.39. The monoisotopic (exact) mass is 476 g/mol. The summed E-state index contributed by atoms with van der Waals surface area (Å²) in [5.74, 6) is 0.912. The summed E-state index contributed by atoms with van der Waals surface area (Å²) in [5.41, 5.74) is 3.71. The number of hydrogen-bond acceptors (Lipinski definition) is 6. The molecule has 178 valence electrons. The number of fused-ring (bicyclic) bond motifs is 2. The van der Waals surface area contributed by atoms with Crippen LogP contribution in [0.15, 0.2) is 48.8 Å². The summed E-state index contributed by atoms with van der Waals surface area (Å²) in [7, 11) is 1.55. The Labute approximate surface area is 198 Å². The first-order valence-electron chi connectivity index (χ1n) is 11.3. The maximum absolute atomic E-state index is 14.5. The van der Waals surface area contributed by atoms with Gasteiger partial charge in [0.05, 0.1) is 42.6 Å². The van der Waals surface area contributed by atoms with Crippen LogP contribution in [0.2, 0.25) is 0 Å². The maximum atomic E-state index is 14.5. The Balaban J connectivity index is 1.42. The van der Waals surface area contributed by atoms with Crippen molar-refractivity contribution in [1.82, 2.24) is 24.6 Å². The number of nitrogens with one attached hydrogen (secondary N) is 1. The molecule has 6 rings (SSSR count). The van der Waals surface area contributed by atoms with Crippen LogP contribution in [0.3, 0.4) is 0 Å². The molecule has 0 unspecified atom stereocenters. The van der Waals surface area contributed by atoms with Crippen molar-refractivity contribution in [3.63, 3.8) is 0 Å². The van der Waals surface area contributed by atoms with Gasteiger partial charge >= 0.3 is 0 Å². The molecule has 0 radical (unpaired) electrons. The van der Waals surface area contributed by atoms with Crippen molar-refractivity contribution in [2.75, 3.05) is 18.6 Å². The van der Waals surface area contributed by atoms with Crippen LogP contribution in [0, 0.1) is 11.6 Å². The molecule has 1 fully saturated rings. The number of aromatic nitrogens is 5. The first-order valence-corrected chi connectivity index (χ1v) is 11.3. The molecule has 1 aliphatic rings. The lowest BCUT2D eigenvalue weighted by molar-refractivity contribution is 0.274. The molecule has 10 heteroatoms. The Hall–Kier alpha value is -4.05. The van der Waals surface area contributed by atoms with Crippen LogP contribution < -0.4 is 9.64 Å². The quantitative estimate of drug-likeness (QED) is 0.391. The van der Waals surface area contributed by atoms with E-state index in [9.17, 15) is 13.9 Å². The Bertz CT molecular complexity index is 1520. The largest absolute Gasteiger partial charge is 0.496 e. The van der Waals surface area contributed by atoms with Crippen LogP contribution in [-0.4, -0.2) is 43.3 Å². The fourth-order valence-electron chi connectivity index (χ4n) is 4.84. The fourth-order valence-corrected chi connectivity index (χ4v) is 4.84. The molecule has 0 amide bonds. The second-order valence-electron chi connectivity index (χ2n) is 8.55. The Kier molecular flexibility index (Phi) is 5.10. The molecule has 2 aromatic carbocycles. The standard InChI is InChI=1S/C25H22F2N6O2/c1-35-22-11-20-19(9-14(22)13-34)29-24(30-20)17-12-28-33-8-6-23(31-25(17)33)32-7-2-3-21(32)16-10-15(26)4-5-18(16)27/h4-6,8-12,21,34H,2-3,7,13H2,1H3,(H,29,30)/t21-/m1/s1. The van der Waals surface area contributed by atoms with Gasteiger partial charge in [-0.25, -0.2) is 23.3 Å². The minimum Gasteiger partial charge on any atom is -0.496 e. The molecular weight excluding hydrogens is 454 g/mol. The fraction of sp³-hybridized carbons (Fsp3) is 0.240. The number of halogens is 2. The van der Waals surface area contributed by atoms with E-state index in [1.165, 1.54) is 12.1 Å². The average molecular weight is 476 g/mol. The van der Waals surface area contributed by atoms with Gasteiger partial charge in [0.15, 0.2) is 5.65 Å². The van der Waals surface area contributed by atoms with Gasteiger partial charge in [-0.1, -0.05) is 0 Å². The molecule has 5 aromatic rings. The van der Waals surface area contributed by atoms with Gasteiger partial charge < -0.3 is 19.7 Å². The number of methoxy groups -OCH3 is 1. The van der Waals surface area contributed by atoms with Gasteiger partial charge in [-0.05, 0) is 43.2 Å². The summed E-state index contributed by atoms with van der Waals surface area (Å²) < 4.78 is 35.4. The SMILES string of the molecule is COc1cc2nc(-c3cnn4ccc(N5CCC[C@@H]5c5cc(F)ccc5F)nc34)[nH]c2cc1CO. The summed E-state index contributed by atoms with van der Waals surface area (Å²) >= 11 is 0. The topological polar surface area (TPSA) is 91.6 Å². The van der Waals surface area contributed by atoms with E-state index in [2.05, 4.69) is 15.1 Å². The van der Waals surface area contributed by atoms with Crippen molar-refractivity contribution < 1.29 is 18.6 Å². The maximum Gasteiger partial charge on any atom is 0.168 e. The molecule has 4 heterocycles. The highest BCUT2D eigenvalue weighted by molar-refractivity contribution is 5.84. The Morgan fingerprint density at radius 1 is 1.17 bits per heavy atom. The molecule has 0 spiro atoms. The van der Waals surface area contributed by atoms with Crippen LogP contribution in [0.5, 0.6) is 5.75 Å². The van der Waals surface area contributed by atoms with Crippen LogP contribution in [0.4, 0.5) is 14.6 Å². The number of anilines is 1. The molecule has 0 bridgehead atoms. The third-order valence-electron chi connectivity index (χ3n) is 6.53. The summed E-state index contributed by atoms with van der Waals surface area (Å²) in [5, 5.41) is 14.0. The highest BCUT2D eigenvalue weighted by atomic mass is 19.1. The number of hydrogen-bond donors (Lipinski definition) is 2. The van der Waals surface area contributed by atoms with E-state index in [4.69, 9.17) is 9.72 Å². The van der Waals surface area contributed by atoms with Crippen molar-refractivity contribution in [2.45, 2.75) is 25.5 Å². The Morgan fingerprint density at radius 2 is 2.06 bits per heavy atom. The number of H-pyrrole nitrogens is 1. The highest BCUT2D eigenvalue weighted by Gasteiger charge is 2.30. The molecule has 3 aromatic heterocycles. The minimum atomic E-state index is -0.458. The van der Waals surface area contributed by atoms with Gasteiger partial charge in [-0.3, -0.25) is 0 Å². The summed E-state index contributed by atoms with van der Waals surface area (Å²) in [6.45, 7) is 0.527. The van der Waals surface area contributed by atoms with E-state index in [0.29, 0.717) is 58.2 Å². The number of ether oxygens (including phenoxy) is 1. The van der Waals surface area contributed by atoms with Crippen molar-refractivity contribution >= 4 is 22.5 Å². The van der Waals surface area contributed by atoms with Gasteiger partial charge in [-0.15, -0.1) is 0 Å². The van der Waals surface area contributed by atoms with Crippen LogP contribution >= 0.6 is 0 Å². The summed E-state index contributed by atoms with van der Waals surface area (Å²) in [4.78, 5) is 14.8. The predicted molar refractivity (Wildman–Crippen MR) is 126 cm³/mol. The third-order valence-corrected chi connectivity index (χ3v) is 6.53. The van der Waals surface area contributed by atoms with Crippen LogP contribution in [-0.2, 0) is 6.61 Å². The van der Waals surface area contributed by atoms with E-state index in [0.717, 1.165) is 18.0 Å². The van der Waals surface area contributed by atoms with E-state index in [1.807, 2.05) is 11.0 Å². The van der Waals surface area contributed by atoms with Gasteiger partial charge in [0.1, 0.15) is 29.0 Å². The van der Waals surface area contributed by atoms with Crippen molar-refractivity contribution in [2.24, 2.45) is 0 Å². The lowest BCUT2D eigenvalue weighted by Crippen LogP contribution is -2.24. The normalized spacial score (nSPS) is 16.0. The number of aliphatic hydroxyl groups is 1. The number of rotatable bonds is 5. The molecule has 35 heavy (non-hydrogen) atoms. The van der Waals surface area contributed by atoms with Gasteiger partial charge in [0.25, 0.3) is 0 Å². The van der Waals surface area contributed by atoms with Crippen LogP contribution in [0.25, 0.3) is 28.1 Å². The summed E-state index contributed by atoms with van der Waals surface area (Å²) in [6, 6.07) is 8.67. The zero-order valence-electron chi connectivity index (χ0n) is 18.9. The lowest BCUT2D eigenvalue weighted by Gasteiger charge is -2.26.